The third-order valence-electron chi connectivity index (χ3n) is 4.59. The largest absolute Gasteiger partial charge is 0.484 e. The van der Waals surface area contributed by atoms with Gasteiger partial charge in [-0.1, -0.05) is 23.7 Å². The van der Waals surface area contributed by atoms with Crippen LogP contribution >= 0.6 is 11.6 Å². The quantitative estimate of drug-likeness (QED) is 0.470. The second-order valence-electron chi connectivity index (χ2n) is 6.89. The number of ether oxygens (including phenoxy) is 1. The fourth-order valence-corrected chi connectivity index (χ4v) is 3.27. The first kappa shape index (κ1) is 19.0. The van der Waals surface area contributed by atoms with Gasteiger partial charge in [0.05, 0.1) is 10.8 Å². The number of nitrogens with one attached hydrogen (secondary N) is 1. The predicted octanol–water partition coefficient (Wildman–Crippen LogP) is 5.23. The van der Waals surface area contributed by atoms with Crippen LogP contribution in [0.3, 0.4) is 0 Å². The SMILES string of the molecule is Cc1cccc(OCC(=O)Nc2ccc3c(=O)c4cc(Cl)c(C)cc4oc3c2)c1. The van der Waals surface area contributed by atoms with Crippen LogP contribution in [0.2, 0.25) is 5.02 Å². The van der Waals surface area contributed by atoms with Crippen LogP contribution in [0.5, 0.6) is 5.75 Å². The Morgan fingerprint density at radius 1 is 1.03 bits per heavy atom. The van der Waals surface area contributed by atoms with Crippen LogP contribution in [0, 0.1) is 13.8 Å². The van der Waals surface area contributed by atoms with Gasteiger partial charge >= 0.3 is 0 Å². The van der Waals surface area contributed by atoms with E-state index in [2.05, 4.69) is 5.32 Å². The Balaban J connectivity index is 1.58. The number of carbonyl (C=O) groups is 1. The first-order valence-electron chi connectivity index (χ1n) is 9.07. The molecule has 0 saturated carbocycles. The number of rotatable bonds is 4. The Morgan fingerprint density at radius 2 is 1.83 bits per heavy atom. The number of carbonyl (C=O) groups excluding carboxylic acids is 1. The summed E-state index contributed by atoms with van der Waals surface area (Å²) in [6.07, 6.45) is 0. The fraction of sp³-hybridized carbons (Fsp3) is 0.130. The van der Waals surface area contributed by atoms with Crippen molar-refractivity contribution in [1.82, 2.24) is 0 Å². The third kappa shape index (κ3) is 3.96. The maximum Gasteiger partial charge on any atom is 0.262 e. The van der Waals surface area contributed by atoms with E-state index in [0.717, 1.165) is 11.1 Å². The van der Waals surface area contributed by atoms with Crippen molar-refractivity contribution >= 4 is 45.1 Å². The van der Waals surface area contributed by atoms with Gasteiger partial charge in [-0.05, 0) is 61.4 Å². The van der Waals surface area contributed by atoms with Crippen molar-refractivity contribution in [2.24, 2.45) is 0 Å². The molecule has 0 fully saturated rings. The number of hydrogen-bond donors (Lipinski definition) is 1. The number of fused-ring (bicyclic) bond motifs is 2. The summed E-state index contributed by atoms with van der Waals surface area (Å²) in [4.78, 5) is 25.0. The maximum atomic E-state index is 12.7. The van der Waals surface area contributed by atoms with E-state index in [1.54, 1.807) is 36.4 Å². The fourth-order valence-electron chi connectivity index (χ4n) is 3.10. The van der Waals surface area contributed by atoms with Crippen LogP contribution in [0.25, 0.3) is 21.9 Å². The van der Waals surface area contributed by atoms with Gasteiger partial charge in [-0.3, -0.25) is 9.59 Å². The molecule has 0 atom stereocenters. The number of halogens is 1. The van der Waals surface area contributed by atoms with Crippen LogP contribution in [0.15, 0.2) is 63.8 Å². The third-order valence-corrected chi connectivity index (χ3v) is 5.00. The molecule has 0 aliphatic carbocycles. The van der Waals surface area contributed by atoms with Gasteiger partial charge in [0.15, 0.2) is 6.61 Å². The molecule has 1 amide bonds. The molecule has 4 rings (SSSR count). The van der Waals surface area contributed by atoms with Gasteiger partial charge in [-0.25, -0.2) is 0 Å². The lowest BCUT2D eigenvalue weighted by Gasteiger charge is -2.09. The average Bonchev–Trinajstić information content (AvgIpc) is 2.68. The molecule has 0 aliphatic rings. The summed E-state index contributed by atoms with van der Waals surface area (Å²) in [5, 5.41) is 4.13. The zero-order valence-corrected chi connectivity index (χ0v) is 16.7. The van der Waals surface area contributed by atoms with E-state index in [4.69, 9.17) is 20.8 Å². The first-order valence-corrected chi connectivity index (χ1v) is 9.44. The molecule has 0 spiro atoms. The molecule has 0 saturated heterocycles. The van der Waals surface area contributed by atoms with Crippen molar-refractivity contribution < 1.29 is 13.9 Å². The molecule has 4 aromatic rings. The summed E-state index contributed by atoms with van der Waals surface area (Å²) >= 11 is 6.14. The van der Waals surface area contributed by atoms with E-state index in [9.17, 15) is 9.59 Å². The number of amides is 1. The van der Waals surface area contributed by atoms with Crippen molar-refractivity contribution in [1.29, 1.82) is 0 Å². The van der Waals surface area contributed by atoms with E-state index in [1.165, 1.54) is 0 Å². The van der Waals surface area contributed by atoms with Crippen LogP contribution in [0.1, 0.15) is 11.1 Å². The minimum Gasteiger partial charge on any atom is -0.484 e. The molecule has 1 aromatic heterocycles. The lowest BCUT2D eigenvalue weighted by Crippen LogP contribution is -2.20. The van der Waals surface area contributed by atoms with Gasteiger partial charge in [0.2, 0.25) is 5.43 Å². The first-order chi connectivity index (χ1) is 13.9. The summed E-state index contributed by atoms with van der Waals surface area (Å²) in [5.41, 5.74) is 3.07. The Bertz CT molecular complexity index is 1310. The molecule has 29 heavy (non-hydrogen) atoms. The molecule has 0 aliphatic heterocycles. The van der Waals surface area contributed by atoms with Crippen molar-refractivity contribution in [3.8, 4) is 5.75 Å². The Kier molecular flexibility index (Phi) is 4.99. The topological polar surface area (TPSA) is 68.5 Å². The van der Waals surface area contributed by atoms with E-state index in [-0.39, 0.29) is 17.9 Å². The van der Waals surface area contributed by atoms with Gasteiger partial charge in [-0.2, -0.15) is 0 Å². The van der Waals surface area contributed by atoms with Gasteiger partial charge in [0.1, 0.15) is 16.9 Å². The van der Waals surface area contributed by atoms with Gasteiger partial charge in [-0.15, -0.1) is 0 Å². The molecule has 5 nitrogen and oxygen atoms in total. The highest BCUT2D eigenvalue weighted by molar-refractivity contribution is 6.32. The molecule has 0 unspecified atom stereocenters. The molecule has 1 N–H and O–H groups in total. The van der Waals surface area contributed by atoms with Crippen LogP contribution < -0.4 is 15.5 Å². The summed E-state index contributed by atoms with van der Waals surface area (Å²) in [6.45, 7) is 3.67. The highest BCUT2D eigenvalue weighted by Gasteiger charge is 2.12. The predicted molar refractivity (Wildman–Crippen MR) is 115 cm³/mol. The number of anilines is 1. The highest BCUT2D eigenvalue weighted by atomic mass is 35.5. The molecule has 1 heterocycles. The van der Waals surface area contributed by atoms with Crippen LogP contribution in [-0.2, 0) is 4.79 Å². The summed E-state index contributed by atoms with van der Waals surface area (Å²) in [7, 11) is 0. The zero-order chi connectivity index (χ0) is 20.5. The van der Waals surface area contributed by atoms with Crippen LogP contribution in [-0.4, -0.2) is 12.5 Å². The van der Waals surface area contributed by atoms with Gasteiger partial charge < -0.3 is 14.5 Å². The normalized spacial score (nSPS) is 11.0. The molecule has 6 heteroatoms. The molecule has 0 bridgehead atoms. The second-order valence-corrected chi connectivity index (χ2v) is 7.30. The van der Waals surface area contributed by atoms with E-state index < -0.39 is 0 Å². The van der Waals surface area contributed by atoms with Gasteiger partial charge in [0, 0.05) is 16.8 Å². The van der Waals surface area contributed by atoms with Crippen molar-refractivity contribution in [3.05, 3.63) is 81.0 Å². The molecular weight excluding hydrogens is 390 g/mol. The average molecular weight is 408 g/mol. The van der Waals surface area contributed by atoms with Crippen LogP contribution in [0.4, 0.5) is 5.69 Å². The lowest BCUT2D eigenvalue weighted by molar-refractivity contribution is -0.118. The monoisotopic (exact) mass is 407 g/mol. The van der Waals surface area contributed by atoms with E-state index >= 15 is 0 Å². The van der Waals surface area contributed by atoms with Crippen molar-refractivity contribution in [2.75, 3.05) is 11.9 Å². The number of hydrogen-bond acceptors (Lipinski definition) is 4. The Morgan fingerprint density at radius 3 is 2.62 bits per heavy atom. The Labute approximate surface area is 171 Å². The minimum atomic E-state index is -0.309. The standard InChI is InChI=1S/C23H18ClNO4/c1-13-4-3-5-16(8-13)28-12-22(26)25-15-6-7-17-21(10-15)29-20-9-14(2)19(24)11-18(20)23(17)27/h3-11H,12H2,1-2H3,(H,25,26). The summed E-state index contributed by atoms with van der Waals surface area (Å²) in [6, 6.07) is 15.8. The number of benzene rings is 3. The molecule has 3 aromatic carbocycles. The zero-order valence-electron chi connectivity index (χ0n) is 15.9. The minimum absolute atomic E-state index is 0.124. The van der Waals surface area contributed by atoms with Crippen molar-refractivity contribution in [3.63, 3.8) is 0 Å². The number of aryl methyl sites for hydroxylation is 2. The molecule has 0 radical (unpaired) electrons. The molecule has 146 valence electrons. The second kappa shape index (κ2) is 7.60. The van der Waals surface area contributed by atoms with Gasteiger partial charge in [0.25, 0.3) is 5.91 Å². The molecular formula is C23H18ClNO4. The highest BCUT2D eigenvalue weighted by Crippen LogP contribution is 2.26. The van der Waals surface area contributed by atoms with E-state index in [1.807, 2.05) is 32.0 Å². The van der Waals surface area contributed by atoms with Crippen molar-refractivity contribution in [2.45, 2.75) is 13.8 Å². The summed E-state index contributed by atoms with van der Waals surface area (Å²) < 4.78 is 11.4. The smallest absolute Gasteiger partial charge is 0.262 e. The maximum absolute atomic E-state index is 12.7. The summed E-state index contributed by atoms with van der Waals surface area (Å²) in [5.74, 6) is 0.321. The Hall–Kier alpha value is -3.31. The lowest BCUT2D eigenvalue weighted by atomic mass is 10.1. The van der Waals surface area contributed by atoms with E-state index in [0.29, 0.717) is 38.4 Å².